The van der Waals surface area contributed by atoms with E-state index in [1.807, 2.05) is 30.3 Å². The van der Waals surface area contributed by atoms with Crippen LogP contribution in [0.1, 0.15) is 36.6 Å². The van der Waals surface area contributed by atoms with Crippen LogP contribution in [0.15, 0.2) is 48.5 Å². The minimum Gasteiger partial charge on any atom is -0.352 e. The van der Waals surface area contributed by atoms with Crippen molar-refractivity contribution in [1.29, 1.82) is 0 Å². The third-order valence-electron chi connectivity index (χ3n) is 4.83. The second-order valence-corrected chi connectivity index (χ2v) is 6.68. The molecule has 3 amide bonds. The van der Waals surface area contributed by atoms with Gasteiger partial charge in [-0.2, -0.15) is 0 Å². The smallest absolute Gasteiger partial charge is 0.261 e. The van der Waals surface area contributed by atoms with Crippen LogP contribution in [0.4, 0.5) is 0 Å². The molecule has 0 aromatic heterocycles. The zero-order valence-electron chi connectivity index (χ0n) is 14.6. The molecule has 0 saturated carbocycles. The summed E-state index contributed by atoms with van der Waals surface area (Å²) in [6.45, 7) is 2.65. The van der Waals surface area contributed by atoms with Gasteiger partial charge >= 0.3 is 0 Å². The first-order chi connectivity index (χ1) is 12.6. The summed E-state index contributed by atoms with van der Waals surface area (Å²) >= 11 is 0. The van der Waals surface area contributed by atoms with Crippen molar-refractivity contribution in [3.8, 4) is 0 Å². The van der Waals surface area contributed by atoms with Crippen LogP contribution in [-0.2, 0) is 6.54 Å². The number of hydrogen-bond donors (Lipinski definition) is 2. The third-order valence-corrected chi connectivity index (χ3v) is 4.83. The van der Waals surface area contributed by atoms with E-state index >= 15 is 0 Å². The van der Waals surface area contributed by atoms with E-state index in [1.54, 1.807) is 12.1 Å². The maximum atomic E-state index is 12.7. The predicted molar refractivity (Wildman–Crippen MR) is 103 cm³/mol. The molecule has 140 valence electrons. The van der Waals surface area contributed by atoms with Crippen molar-refractivity contribution in [3.63, 3.8) is 0 Å². The lowest BCUT2D eigenvalue weighted by molar-refractivity contribution is 0.0642. The number of nitrogens with zero attached hydrogens (tertiary/aromatic N) is 1. The highest BCUT2D eigenvalue weighted by atomic mass is 35.5. The molecule has 2 N–H and O–H groups in total. The lowest BCUT2D eigenvalue weighted by Gasteiger charge is -2.27. The molecular weight excluding hydrogens is 366 g/mol. The van der Waals surface area contributed by atoms with Crippen LogP contribution in [0.2, 0.25) is 0 Å². The van der Waals surface area contributed by atoms with Gasteiger partial charge in [0.2, 0.25) is 0 Å². The van der Waals surface area contributed by atoms with Crippen molar-refractivity contribution in [2.75, 3.05) is 19.6 Å². The van der Waals surface area contributed by atoms with E-state index in [2.05, 4.69) is 10.6 Å². The summed E-state index contributed by atoms with van der Waals surface area (Å²) in [6, 6.07) is 14.1. The Bertz CT molecular complexity index is 881. The van der Waals surface area contributed by atoms with E-state index in [0.717, 1.165) is 18.7 Å². The van der Waals surface area contributed by atoms with Gasteiger partial charge in [-0.3, -0.25) is 19.3 Å². The lowest BCUT2D eigenvalue weighted by Crippen LogP contribution is -2.48. The summed E-state index contributed by atoms with van der Waals surface area (Å²) in [6.07, 6.45) is 0. The van der Waals surface area contributed by atoms with Gasteiger partial charge in [-0.1, -0.05) is 30.3 Å². The molecule has 0 radical (unpaired) electrons. The average molecular weight is 386 g/mol. The van der Waals surface area contributed by atoms with Crippen LogP contribution < -0.4 is 10.6 Å². The molecule has 0 bridgehead atoms. The number of nitrogens with one attached hydrogen (secondary N) is 2. The second-order valence-electron chi connectivity index (χ2n) is 6.68. The SMILES string of the molecule is Cl.O=C(NCC1CNC1)c1ccc2c(c1)C(=O)N(Cc1ccccc1)C2=O. The molecule has 1 fully saturated rings. The van der Waals surface area contributed by atoms with E-state index in [9.17, 15) is 14.4 Å². The quantitative estimate of drug-likeness (QED) is 0.770. The number of imide groups is 1. The number of carbonyl (C=O) groups excluding carboxylic acids is 3. The fraction of sp³-hybridized carbons (Fsp3) is 0.250. The molecule has 0 aliphatic carbocycles. The highest BCUT2D eigenvalue weighted by Crippen LogP contribution is 2.25. The Morgan fingerprint density at radius 3 is 2.41 bits per heavy atom. The number of amides is 3. The molecule has 7 heteroatoms. The molecule has 0 unspecified atom stereocenters. The molecule has 0 spiro atoms. The lowest BCUT2D eigenvalue weighted by atomic mass is 10.0. The van der Waals surface area contributed by atoms with E-state index in [1.165, 1.54) is 11.0 Å². The standard InChI is InChI=1S/C20H19N3O3.ClH/c24-18(22-11-14-9-21-10-14)15-6-7-16-17(8-15)20(26)23(19(16)25)12-13-4-2-1-3-5-13;/h1-8,14,21H,9-12H2,(H,22,24);1H. The Kier molecular flexibility index (Phi) is 5.58. The van der Waals surface area contributed by atoms with Crippen molar-refractivity contribution in [3.05, 3.63) is 70.8 Å². The van der Waals surface area contributed by atoms with Crippen LogP contribution in [0.5, 0.6) is 0 Å². The van der Waals surface area contributed by atoms with E-state index in [0.29, 0.717) is 29.2 Å². The topological polar surface area (TPSA) is 78.5 Å². The maximum absolute atomic E-state index is 12.7. The monoisotopic (exact) mass is 385 g/mol. The van der Waals surface area contributed by atoms with Gasteiger partial charge < -0.3 is 10.6 Å². The number of benzene rings is 2. The Labute approximate surface area is 163 Å². The summed E-state index contributed by atoms with van der Waals surface area (Å²) in [5, 5.41) is 6.04. The summed E-state index contributed by atoms with van der Waals surface area (Å²) in [4.78, 5) is 38.8. The number of hydrogen-bond acceptors (Lipinski definition) is 4. The minimum absolute atomic E-state index is 0. The summed E-state index contributed by atoms with van der Waals surface area (Å²) in [5.41, 5.74) is 1.93. The van der Waals surface area contributed by atoms with E-state index in [-0.39, 0.29) is 36.7 Å². The highest BCUT2D eigenvalue weighted by molar-refractivity contribution is 6.22. The molecule has 2 heterocycles. The van der Waals surface area contributed by atoms with Gasteiger partial charge in [0, 0.05) is 31.1 Å². The fourth-order valence-electron chi connectivity index (χ4n) is 3.17. The van der Waals surface area contributed by atoms with Crippen LogP contribution >= 0.6 is 12.4 Å². The maximum Gasteiger partial charge on any atom is 0.261 e. The molecule has 27 heavy (non-hydrogen) atoms. The first-order valence-corrected chi connectivity index (χ1v) is 8.66. The largest absolute Gasteiger partial charge is 0.352 e. The van der Waals surface area contributed by atoms with E-state index < -0.39 is 0 Å². The van der Waals surface area contributed by atoms with Gasteiger partial charge in [0.05, 0.1) is 17.7 Å². The Hall–Kier alpha value is -2.70. The Morgan fingerprint density at radius 2 is 1.74 bits per heavy atom. The summed E-state index contributed by atoms with van der Waals surface area (Å²) in [7, 11) is 0. The van der Waals surface area contributed by atoms with Gasteiger partial charge in [0.25, 0.3) is 17.7 Å². The molecule has 1 saturated heterocycles. The molecule has 6 nitrogen and oxygen atoms in total. The molecular formula is C20H20ClN3O3. The first-order valence-electron chi connectivity index (χ1n) is 8.66. The van der Waals surface area contributed by atoms with Crippen LogP contribution in [-0.4, -0.2) is 42.3 Å². The highest BCUT2D eigenvalue weighted by Gasteiger charge is 2.36. The number of rotatable bonds is 5. The van der Waals surface area contributed by atoms with Crippen molar-refractivity contribution < 1.29 is 14.4 Å². The second kappa shape index (κ2) is 7.90. The zero-order chi connectivity index (χ0) is 18.1. The predicted octanol–water partition coefficient (Wildman–Crippen LogP) is 1.85. The van der Waals surface area contributed by atoms with Gasteiger partial charge in [-0.25, -0.2) is 0 Å². The normalized spacial score (nSPS) is 15.8. The van der Waals surface area contributed by atoms with Crippen molar-refractivity contribution in [2.45, 2.75) is 6.54 Å². The average Bonchev–Trinajstić information content (AvgIpc) is 2.86. The van der Waals surface area contributed by atoms with Gasteiger partial charge in [-0.05, 0) is 23.8 Å². The van der Waals surface area contributed by atoms with Crippen LogP contribution in [0.3, 0.4) is 0 Å². The van der Waals surface area contributed by atoms with Gasteiger partial charge in [0.1, 0.15) is 0 Å². The number of halogens is 1. The van der Waals surface area contributed by atoms with Gasteiger partial charge in [-0.15, -0.1) is 12.4 Å². The summed E-state index contributed by atoms with van der Waals surface area (Å²) < 4.78 is 0. The molecule has 2 aliphatic rings. The molecule has 2 aliphatic heterocycles. The van der Waals surface area contributed by atoms with Crippen molar-refractivity contribution in [2.24, 2.45) is 5.92 Å². The Morgan fingerprint density at radius 1 is 1.04 bits per heavy atom. The third kappa shape index (κ3) is 3.72. The number of carbonyl (C=O) groups is 3. The number of fused-ring (bicyclic) bond motifs is 1. The van der Waals surface area contributed by atoms with Gasteiger partial charge in [0.15, 0.2) is 0 Å². The molecule has 2 aromatic carbocycles. The van der Waals surface area contributed by atoms with Crippen molar-refractivity contribution in [1.82, 2.24) is 15.5 Å². The Balaban J connectivity index is 0.00000210. The van der Waals surface area contributed by atoms with Crippen molar-refractivity contribution >= 4 is 30.1 Å². The first kappa shape index (κ1) is 19.1. The van der Waals surface area contributed by atoms with Crippen LogP contribution in [0, 0.1) is 5.92 Å². The summed E-state index contributed by atoms with van der Waals surface area (Å²) in [5.74, 6) is -0.438. The molecule has 0 atom stereocenters. The molecule has 4 rings (SSSR count). The zero-order valence-corrected chi connectivity index (χ0v) is 15.4. The minimum atomic E-state index is -0.355. The van der Waals surface area contributed by atoms with Crippen LogP contribution in [0.25, 0.3) is 0 Å². The molecule has 2 aromatic rings. The van der Waals surface area contributed by atoms with E-state index in [4.69, 9.17) is 0 Å². The fourth-order valence-corrected chi connectivity index (χ4v) is 3.17.